The molecule has 0 aliphatic rings. The van der Waals surface area contributed by atoms with Crippen molar-refractivity contribution in [2.75, 3.05) is 5.75 Å². The summed E-state index contributed by atoms with van der Waals surface area (Å²) in [5, 5.41) is 9.02. The number of hydrogen-bond acceptors (Lipinski definition) is 4. The second-order valence-corrected chi connectivity index (χ2v) is 7.71. The molecule has 0 spiro atoms. The molecule has 0 atom stereocenters. The van der Waals surface area contributed by atoms with Gasteiger partial charge < -0.3 is 5.11 Å². The maximum Gasteiger partial charge on any atom is 0.354 e. The predicted molar refractivity (Wildman–Crippen MR) is 86.7 cm³/mol. The Bertz CT molecular complexity index is 569. The Hall–Kier alpha value is -1.43. The molecule has 22 heavy (non-hydrogen) atoms. The van der Waals surface area contributed by atoms with Gasteiger partial charge in [0.05, 0.1) is 11.5 Å². The van der Waals surface area contributed by atoms with E-state index in [9.17, 15) is 13.2 Å². The molecule has 5 nitrogen and oxygen atoms in total. The minimum Gasteiger partial charge on any atom is -0.477 e. The molecule has 0 unspecified atom stereocenters. The van der Waals surface area contributed by atoms with Gasteiger partial charge in [-0.15, -0.1) is 0 Å². The van der Waals surface area contributed by atoms with Crippen LogP contribution in [0, 0.1) is 0 Å². The number of rotatable bonds is 11. The lowest BCUT2D eigenvalue weighted by Gasteiger charge is -2.07. The highest BCUT2D eigenvalue weighted by atomic mass is 32.2. The number of nitrogens with zero attached hydrogens (tertiary/aromatic N) is 1. The largest absolute Gasteiger partial charge is 0.477 e. The maximum atomic E-state index is 12.1. The number of carboxylic acid groups (broad SMARTS) is 1. The van der Waals surface area contributed by atoms with E-state index in [1.165, 1.54) is 31.5 Å². The first-order valence-corrected chi connectivity index (χ1v) is 9.66. The van der Waals surface area contributed by atoms with Crippen LogP contribution in [0.5, 0.6) is 0 Å². The fourth-order valence-electron chi connectivity index (χ4n) is 2.34. The molecule has 0 aromatic carbocycles. The van der Waals surface area contributed by atoms with Gasteiger partial charge in [0.15, 0.2) is 15.5 Å². The van der Waals surface area contributed by atoms with Crippen LogP contribution in [0.15, 0.2) is 18.3 Å². The lowest BCUT2D eigenvalue weighted by atomic mass is 10.1. The average molecular weight is 327 g/mol. The Morgan fingerprint density at radius 3 is 2.41 bits per heavy atom. The van der Waals surface area contributed by atoms with Crippen molar-refractivity contribution in [1.29, 1.82) is 0 Å². The highest BCUT2D eigenvalue weighted by Crippen LogP contribution is 2.13. The van der Waals surface area contributed by atoms with Crippen LogP contribution in [0.4, 0.5) is 0 Å². The van der Waals surface area contributed by atoms with Crippen molar-refractivity contribution in [3.8, 4) is 0 Å². The Labute approximate surface area is 132 Å². The highest BCUT2D eigenvalue weighted by Gasteiger charge is 2.18. The van der Waals surface area contributed by atoms with E-state index in [4.69, 9.17) is 5.11 Å². The van der Waals surface area contributed by atoms with Gasteiger partial charge in [0, 0.05) is 11.8 Å². The van der Waals surface area contributed by atoms with Gasteiger partial charge in [-0.05, 0) is 12.5 Å². The van der Waals surface area contributed by atoms with Gasteiger partial charge in [0.2, 0.25) is 0 Å². The van der Waals surface area contributed by atoms with Crippen molar-refractivity contribution in [3.63, 3.8) is 0 Å². The lowest BCUT2D eigenvalue weighted by molar-refractivity contribution is 0.0689. The molecular formula is C16H25NO4S. The van der Waals surface area contributed by atoms with Gasteiger partial charge >= 0.3 is 5.97 Å². The van der Waals surface area contributed by atoms with Gasteiger partial charge in [-0.2, -0.15) is 0 Å². The lowest BCUT2D eigenvalue weighted by Crippen LogP contribution is -2.13. The summed E-state index contributed by atoms with van der Waals surface area (Å²) in [6.45, 7) is 2.16. The SMILES string of the molecule is CCCCCCCCCS(=O)(=O)Cc1cccnc1C(=O)O. The summed E-state index contributed by atoms with van der Waals surface area (Å²) in [6.07, 6.45) is 8.75. The van der Waals surface area contributed by atoms with Crippen molar-refractivity contribution >= 4 is 15.8 Å². The molecule has 0 amide bonds. The number of pyridine rings is 1. The monoisotopic (exact) mass is 327 g/mol. The zero-order valence-electron chi connectivity index (χ0n) is 13.1. The summed E-state index contributed by atoms with van der Waals surface area (Å²) in [5.74, 6) is -1.34. The van der Waals surface area contributed by atoms with E-state index in [1.54, 1.807) is 6.07 Å². The van der Waals surface area contributed by atoms with Crippen molar-refractivity contribution in [3.05, 3.63) is 29.6 Å². The molecule has 6 heteroatoms. The number of carboxylic acids is 1. The molecule has 1 aromatic rings. The van der Waals surface area contributed by atoms with Crippen LogP contribution in [-0.4, -0.2) is 30.2 Å². The molecule has 1 heterocycles. The van der Waals surface area contributed by atoms with Gasteiger partial charge in [-0.3, -0.25) is 0 Å². The minimum absolute atomic E-state index is 0.106. The Morgan fingerprint density at radius 1 is 1.14 bits per heavy atom. The third kappa shape index (κ3) is 7.02. The smallest absolute Gasteiger partial charge is 0.354 e. The number of aromatic nitrogens is 1. The van der Waals surface area contributed by atoms with Crippen LogP contribution in [0.3, 0.4) is 0 Å². The molecule has 1 N–H and O–H groups in total. The van der Waals surface area contributed by atoms with Gasteiger partial charge in [-0.1, -0.05) is 51.5 Å². The summed E-state index contributed by atoms with van der Waals surface area (Å²) in [6, 6.07) is 3.07. The van der Waals surface area contributed by atoms with Crippen LogP contribution < -0.4 is 0 Å². The van der Waals surface area contributed by atoms with Crippen molar-refractivity contribution in [2.45, 2.75) is 57.6 Å². The maximum absolute atomic E-state index is 12.1. The van der Waals surface area contributed by atoms with E-state index in [1.807, 2.05) is 0 Å². The molecule has 0 aliphatic carbocycles. The Balaban J connectivity index is 2.43. The van der Waals surface area contributed by atoms with Crippen molar-refractivity contribution in [2.24, 2.45) is 0 Å². The first-order valence-electron chi connectivity index (χ1n) is 7.84. The molecule has 0 saturated heterocycles. The molecular weight excluding hydrogens is 302 g/mol. The van der Waals surface area contributed by atoms with E-state index in [-0.39, 0.29) is 22.8 Å². The summed E-state index contributed by atoms with van der Waals surface area (Å²) in [4.78, 5) is 14.8. The number of sulfone groups is 1. The third-order valence-electron chi connectivity index (χ3n) is 3.53. The fourth-order valence-corrected chi connectivity index (χ4v) is 3.83. The van der Waals surface area contributed by atoms with Gasteiger partial charge in [-0.25, -0.2) is 18.2 Å². The number of aromatic carboxylic acids is 1. The van der Waals surface area contributed by atoms with E-state index in [2.05, 4.69) is 11.9 Å². The van der Waals surface area contributed by atoms with Crippen LogP contribution in [0.2, 0.25) is 0 Å². The van der Waals surface area contributed by atoms with Crippen LogP contribution in [-0.2, 0) is 15.6 Å². The average Bonchev–Trinajstić information content (AvgIpc) is 2.46. The summed E-state index contributed by atoms with van der Waals surface area (Å²) < 4.78 is 24.2. The molecule has 1 aromatic heterocycles. The molecule has 0 fully saturated rings. The molecule has 0 aliphatic heterocycles. The number of hydrogen-bond donors (Lipinski definition) is 1. The van der Waals surface area contributed by atoms with E-state index in [0.29, 0.717) is 6.42 Å². The third-order valence-corrected chi connectivity index (χ3v) is 5.19. The van der Waals surface area contributed by atoms with Crippen LogP contribution in [0.25, 0.3) is 0 Å². The quantitative estimate of drug-likeness (QED) is 0.629. The Kier molecular flexibility index (Phi) is 8.09. The van der Waals surface area contributed by atoms with Crippen molar-refractivity contribution in [1.82, 2.24) is 4.98 Å². The standard InChI is InChI=1S/C16H25NO4S/c1-2-3-4-5-6-7-8-12-22(20,21)13-14-10-9-11-17-15(14)16(18)19/h9-11H,2-8,12-13H2,1H3,(H,18,19). The summed E-state index contributed by atoms with van der Waals surface area (Å²) in [7, 11) is -3.29. The first kappa shape index (κ1) is 18.6. The Morgan fingerprint density at radius 2 is 1.77 bits per heavy atom. The fraction of sp³-hybridized carbons (Fsp3) is 0.625. The second kappa shape index (κ2) is 9.56. The molecule has 124 valence electrons. The molecule has 0 saturated carbocycles. The zero-order chi connectivity index (χ0) is 16.4. The van der Waals surface area contributed by atoms with Crippen LogP contribution >= 0.6 is 0 Å². The van der Waals surface area contributed by atoms with Gasteiger partial charge in [0.1, 0.15) is 0 Å². The summed E-state index contributed by atoms with van der Waals surface area (Å²) >= 11 is 0. The normalized spacial score (nSPS) is 11.5. The molecule has 0 radical (unpaired) electrons. The molecule has 0 bridgehead atoms. The topological polar surface area (TPSA) is 84.3 Å². The molecule has 1 rings (SSSR count). The second-order valence-electron chi connectivity index (χ2n) is 5.53. The van der Waals surface area contributed by atoms with Crippen LogP contribution in [0.1, 0.15) is 67.9 Å². The van der Waals surface area contributed by atoms with E-state index < -0.39 is 15.8 Å². The number of unbranched alkanes of at least 4 members (excludes halogenated alkanes) is 6. The zero-order valence-corrected chi connectivity index (χ0v) is 13.9. The van der Waals surface area contributed by atoms with Crippen molar-refractivity contribution < 1.29 is 18.3 Å². The highest BCUT2D eigenvalue weighted by molar-refractivity contribution is 7.90. The number of carbonyl (C=O) groups is 1. The van der Waals surface area contributed by atoms with E-state index in [0.717, 1.165) is 19.3 Å². The predicted octanol–water partition coefficient (Wildman–Crippen LogP) is 3.45. The van der Waals surface area contributed by atoms with E-state index >= 15 is 0 Å². The minimum atomic E-state index is -3.29. The summed E-state index contributed by atoms with van der Waals surface area (Å²) in [5.41, 5.74) is 0.0867. The first-order chi connectivity index (χ1) is 10.5. The van der Waals surface area contributed by atoms with Gasteiger partial charge in [0.25, 0.3) is 0 Å².